The van der Waals surface area contributed by atoms with Crippen molar-refractivity contribution in [2.24, 2.45) is 5.92 Å². The lowest BCUT2D eigenvalue weighted by Gasteiger charge is -2.38. The van der Waals surface area contributed by atoms with Crippen LogP contribution in [0, 0.1) is 12.8 Å². The number of aromatic amines is 2. The van der Waals surface area contributed by atoms with Crippen molar-refractivity contribution in [2.45, 2.75) is 19.8 Å². The Balaban J connectivity index is 1.25. The number of hydrogen-bond donors (Lipinski definition) is 3. The molecular formula is C18H20N6O2. The maximum atomic E-state index is 12.3. The molecule has 26 heavy (non-hydrogen) atoms. The number of H-pyrrole nitrogens is 2. The first-order valence-corrected chi connectivity index (χ1v) is 8.61. The Morgan fingerprint density at radius 3 is 2.92 bits per heavy atom. The van der Waals surface area contributed by atoms with Gasteiger partial charge in [-0.25, -0.2) is 4.98 Å². The summed E-state index contributed by atoms with van der Waals surface area (Å²) in [6, 6.07) is 5.60. The van der Waals surface area contributed by atoms with E-state index >= 15 is 0 Å². The van der Waals surface area contributed by atoms with Crippen molar-refractivity contribution in [1.82, 2.24) is 25.1 Å². The van der Waals surface area contributed by atoms with Crippen LogP contribution in [-0.4, -0.2) is 50.0 Å². The van der Waals surface area contributed by atoms with Gasteiger partial charge in [0.2, 0.25) is 11.8 Å². The molecule has 0 spiro atoms. The first kappa shape index (κ1) is 16.3. The molecule has 0 bridgehead atoms. The molecule has 0 saturated carbocycles. The molecular weight excluding hydrogens is 332 g/mol. The molecule has 3 N–H and O–H groups in total. The summed E-state index contributed by atoms with van der Waals surface area (Å²) in [5.74, 6) is 0.659. The molecule has 3 aromatic rings. The van der Waals surface area contributed by atoms with Crippen LogP contribution in [0.15, 0.2) is 30.6 Å². The Hall–Kier alpha value is -3.16. The minimum Gasteiger partial charge on any atom is -0.346 e. The van der Waals surface area contributed by atoms with Crippen LogP contribution in [0.25, 0.3) is 10.9 Å². The highest BCUT2D eigenvalue weighted by Gasteiger charge is 2.35. The third-order valence-electron chi connectivity index (χ3n) is 4.64. The van der Waals surface area contributed by atoms with E-state index in [9.17, 15) is 9.59 Å². The van der Waals surface area contributed by atoms with Crippen molar-refractivity contribution in [3.63, 3.8) is 0 Å². The van der Waals surface area contributed by atoms with E-state index in [0.717, 1.165) is 28.1 Å². The fraction of sp³-hybridized carbons (Fsp3) is 0.333. The first-order valence-electron chi connectivity index (χ1n) is 8.61. The molecule has 4 rings (SSSR count). The quantitative estimate of drug-likeness (QED) is 0.648. The molecule has 0 atom stereocenters. The largest absolute Gasteiger partial charge is 0.346 e. The SMILES string of the molecule is Cc1cnc(CCC(=O)N2CC(C(=O)Nc3ccc4[nH]ncc4c3)C2)[nH]1. The van der Waals surface area contributed by atoms with E-state index in [4.69, 9.17) is 0 Å². The van der Waals surface area contributed by atoms with E-state index < -0.39 is 0 Å². The van der Waals surface area contributed by atoms with E-state index in [1.807, 2.05) is 25.1 Å². The number of nitrogens with one attached hydrogen (secondary N) is 3. The third kappa shape index (κ3) is 3.30. The average molecular weight is 352 g/mol. The zero-order chi connectivity index (χ0) is 18.1. The van der Waals surface area contributed by atoms with Crippen LogP contribution >= 0.6 is 0 Å². The number of aromatic nitrogens is 4. The van der Waals surface area contributed by atoms with Crippen molar-refractivity contribution >= 4 is 28.4 Å². The van der Waals surface area contributed by atoms with Gasteiger partial charge >= 0.3 is 0 Å². The fourth-order valence-corrected chi connectivity index (χ4v) is 3.09. The zero-order valence-corrected chi connectivity index (χ0v) is 14.5. The number of carbonyl (C=O) groups excluding carboxylic acids is 2. The molecule has 0 unspecified atom stereocenters. The smallest absolute Gasteiger partial charge is 0.231 e. The summed E-state index contributed by atoms with van der Waals surface area (Å²) in [4.78, 5) is 33.6. The molecule has 1 aromatic carbocycles. The Morgan fingerprint density at radius 2 is 2.15 bits per heavy atom. The summed E-state index contributed by atoms with van der Waals surface area (Å²) in [5, 5.41) is 10.7. The summed E-state index contributed by atoms with van der Waals surface area (Å²) in [7, 11) is 0. The standard InChI is InChI=1S/C18H20N6O2/c1-11-7-19-16(21-11)4-5-17(25)24-9-13(10-24)18(26)22-14-2-3-15-12(6-14)8-20-23-15/h2-3,6-8,13H,4-5,9-10H2,1H3,(H,19,21)(H,20,23)(H,22,26). The van der Waals surface area contributed by atoms with Crippen LogP contribution in [0.1, 0.15) is 17.9 Å². The number of imidazole rings is 1. The Kier molecular flexibility index (Phi) is 4.16. The number of nitrogens with zero attached hydrogens (tertiary/aromatic N) is 3. The van der Waals surface area contributed by atoms with Crippen molar-refractivity contribution in [2.75, 3.05) is 18.4 Å². The summed E-state index contributed by atoms with van der Waals surface area (Å²) in [6.07, 6.45) is 4.46. The molecule has 0 radical (unpaired) electrons. The highest BCUT2D eigenvalue weighted by atomic mass is 16.2. The van der Waals surface area contributed by atoms with Gasteiger partial charge in [0.25, 0.3) is 0 Å². The van der Waals surface area contributed by atoms with Gasteiger partial charge in [0.15, 0.2) is 0 Å². The number of rotatable bonds is 5. The number of carbonyl (C=O) groups is 2. The molecule has 1 aliphatic rings. The molecule has 8 heteroatoms. The van der Waals surface area contributed by atoms with Crippen LogP contribution in [-0.2, 0) is 16.0 Å². The molecule has 3 heterocycles. The lowest BCUT2D eigenvalue weighted by molar-refractivity contribution is -0.141. The molecule has 134 valence electrons. The van der Waals surface area contributed by atoms with Crippen LogP contribution in [0.5, 0.6) is 0 Å². The summed E-state index contributed by atoms with van der Waals surface area (Å²) in [5.41, 5.74) is 2.65. The third-order valence-corrected chi connectivity index (χ3v) is 4.64. The maximum absolute atomic E-state index is 12.3. The van der Waals surface area contributed by atoms with E-state index in [0.29, 0.717) is 25.9 Å². The van der Waals surface area contributed by atoms with E-state index in [1.165, 1.54) is 0 Å². The van der Waals surface area contributed by atoms with Crippen molar-refractivity contribution in [3.05, 3.63) is 42.1 Å². The van der Waals surface area contributed by atoms with Gasteiger partial charge in [-0.1, -0.05) is 0 Å². The van der Waals surface area contributed by atoms with Gasteiger partial charge in [-0.15, -0.1) is 0 Å². The monoisotopic (exact) mass is 352 g/mol. The minimum absolute atomic E-state index is 0.0569. The summed E-state index contributed by atoms with van der Waals surface area (Å²) in [6.45, 7) is 2.87. The number of likely N-dealkylation sites (tertiary alicyclic amines) is 1. The van der Waals surface area contributed by atoms with Gasteiger partial charge < -0.3 is 15.2 Å². The molecule has 1 fully saturated rings. The van der Waals surface area contributed by atoms with Crippen LogP contribution in [0.2, 0.25) is 0 Å². The van der Waals surface area contributed by atoms with Crippen LogP contribution < -0.4 is 5.32 Å². The topological polar surface area (TPSA) is 107 Å². The van der Waals surface area contributed by atoms with E-state index in [1.54, 1.807) is 17.3 Å². The highest BCUT2D eigenvalue weighted by molar-refractivity contribution is 5.96. The van der Waals surface area contributed by atoms with Gasteiger partial charge in [0, 0.05) is 48.9 Å². The van der Waals surface area contributed by atoms with Gasteiger partial charge in [-0.2, -0.15) is 5.10 Å². The molecule has 8 nitrogen and oxygen atoms in total. The van der Waals surface area contributed by atoms with Crippen LogP contribution in [0.4, 0.5) is 5.69 Å². The minimum atomic E-state index is -0.162. The van der Waals surface area contributed by atoms with Gasteiger partial charge in [0.1, 0.15) is 5.82 Å². The second kappa shape index (κ2) is 6.62. The second-order valence-corrected chi connectivity index (χ2v) is 6.67. The lowest BCUT2D eigenvalue weighted by Crippen LogP contribution is -2.54. The predicted octanol–water partition coefficient (Wildman–Crippen LogP) is 1.62. The second-order valence-electron chi connectivity index (χ2n) is 6.67. The Bertz CT molecular complexity index is 953. The normalized spacial score (nSPS) is 14.4. The van der Waals surface area contributed by atoms with Crippen molar-refractivity contribution < 1.29 is 9.59 Å². The van der Waals surface area contributed by atoms with E-state index in [-0.39, 0.29) is 17.7 Å². The summed E-state index contributed by atoms with van der Waals surface area (Å²) < 4.78 is 0. The number of amides is 2. The molecule has 1 aliphatic heterocycles. The van der Waals surface area contributed by atoms with Gasteiger partial charge in [-0.3, -0.25) is 14.7 Å². The maximum Gasteiger partial charge on any atom is 0.231 e. The molecule has 0 aliphatic carbocycles. The molecule has 2 aromatic heterocycles. The number of benzene rings is 1. The lowest BCUT2D eigenvalue weighted by atomic mass is 9.98. The predicted molar refractivity (Wildman–Crippen MR) is 96.4 cm³/mol. The zero-order valence-electron chi connectivity index (χ0n) is 14.5. The fourth-order valence-electron chi connectivity index (χ4n) is 3.09. The van der Waals surface area contributed by atoms with Gasteiger partial charge in [-0.05, 0) is 25.1 Å². The number of aryl methyl sites for hydroxylation is 2. The average Bonchev–Trinajstić information content (AvgIpc) is 3.19. The molecule has 1 saturated heterocycles. The first-order chi connectivity index (χ1) is 12.6. The van der Waals surface area contributed by atoms with E-state index in [2.05, 4.69) is 25.5 Å². The molecule has 2 amide bonds. The van der Waals surface area contributed by atoms with Crippen molar-refractivity contribution in [1.29, 1.82) is 0 Å². The number of anilines is 1. The number of fused-ring (bicyclic) bond motifs is 1. The van der Waals surface area contributed by atoms with Crippen molar-refractivity contribution in [3.8, 4) is 0 Å². The number of hydrogen-bond acceptors (Lipinski definition) is 4. The highest BCUT2D eigenvalue weighted by Crippen LogP contribution is 2.21. The summed E-state index contributed by atoms with van der Waals surface area (Å²) >= 11 is 0. The van der Waals surface area contributed by atoms with Crippen LogP contribution in [0.3, 0.4) is 0 Å². The Morgan fingerprint density at radius 1 is 1.31 bits per heavy atom. The Labute approximate surface area is 150 Å². The van der Waals surface area contributed by atoms with Gasteiger partial charge in [0.05, 0.1) is 17.6 Å².